The van der Waals surface area contributed by atoms with E-state index in [2.05, 4.69) is 10.5 Å². The Morgan fingerprint density at radius 2 is 1.57 bits per heavy atom. The second kappa shape index (κ2) is 13.1. The molecular weight excluding hydrogens is 556 g/mol. The molecule has 0 aliphatic carbocycles. The molecule has 0 unspecified atom stereocenters. The number of nitro benzene ring substituents is 1. The third-order valence-electron chi connectivity index (χ3n) is 6.37. The number of carbonyl (C=O) groups excluding carboxylic acids is 1. The lowest BCUT2D eigenvalue weighted by Gasteiger charge is -2.25. The number of aryl methyl sites for hydroxylation is 3. The molecule has 10 nitrogen and oxygen atoms in total. The maximum Gasteiger partial charge on any atom is 0.269 e. The van der Waals surface area contributed by atoms with Crippen molar-refractivity contribution in [3.63, 3.8) is 0 Å². The van der Waals surface area contributed by atoms with Crippen molar-refractivity contribution in [1.29, 1.82) is 0 Å². The SMILES string of the molecule is Cc1ccc(S(=O)(=O)N(CC(=O)NN=Cc2ccc(OCc3ccc([N+](=O)[O-])cc3)cc2)c2cc(C)ccc2C)cc1. The molecule has 216 valence electrons. The smallest absolute Gasteiger partial charge is 0.269 e. The average Bonchev–Trinajstić information content (AvgIpc) is 2.97. The summed E-state index contributed by atoms with van der Waals surface area (Å²) in [4.78, 5) is 23.3. The van der Waals surface area contributed by atoms with Gasteiger partial charge < -0.3 is 4.74 Å². The minimum Gasteiger partial charge on any atom is -0.489 e. The van der Waals surface area contributed by atoms with E-state index in [4.69, 9.17) is 4.74 Å². The molecule has 4 aromatic rings. The highest BCUT2D eigenvalue weighted by atomic mass is 32.2. The van der Waals surface area contributed by atoms with Gasteiger partial charge in [-0.2, -0.15) is 5.10 Å². The summed E-state index contributed by atoms with van der Waals surface area (Å²) in [7, 11) is -4.04. The van der Waals surface area contributed by atoms with Crippen molar-refractivity contribution in [2.45, 2.75) is 32.3 Å². The zero-order chi connectivity index (χ0) is 30.3. The van der Waals surface area contributed by atoms with Gasteiger partial charge in [-0.3, -0.25) is 19.2 Å². The average molecular weight is 587 g/mol. The molecule has 0 saturated carbocycles. The highest BCUT2D eigenvalue weighted by Crippen LogP contribution is 2.28. The number of hydrogen-bond acceptors (Lipinski definition) is 7. The zero-order valence-electron chi connectivity index (χ0n) is 23.4. The van der Waals surface area contributed by atoms with Gasteiger partial charge in [0.2, 0.25) is 0 Å². The molecule has 0 bridgehead atoms. The van der Waals surface area contributed by atoms with Crippen LogP contribution in [0.25, 0.3) is 0 Å². The number of hydrazone groups is 1. The number of anilines is 1. The molecule has 0 heterocycles. The van der Waals surface area contributed by atoms with Gasteiger partial charge in [0.05, 0.1) is 21.7 Å². The van der Waals surface area contributed by atoms with E-state index in [0.717, 1.165) is 21.0 Å². The Kier molecular flexibility index (Phi) is 9.33. The van der Waals surface area contributed by atoms with Crippen molar-refractivity contribution in [2.75, 3.05) is 10.8 Å². The largest absolute Gasteiger partial charge is 0.489 e. The monoisotopic (exact) mass is 586 g/mol. The fourth-order valence-corrected chi connectivity index (χ4v) is 5.48. The summed E-state index contributed by atoms with van der Waals surface area (Å²) in [5.74, 6) is -0.0223. The number of nitro groups is 1. The van der Waals surface area contributed by atoms with Crippen molar-refractivity contribution < 1.29 is 22.9 Å². The van der Waals surface area contributed by atoms with E-state index in [1.807, 2.05) is 26.0 Å². The van der Waals surface area contributed by atoms with Crippen LogP contribution in [-0.2, 0) is 21.4 Å². The minimum absolute atomic E-state index is 0.0142. The van der Waals surface area contributed by atoms with Crippen LogP contribution >= 0.6 is 0 Å². The third-order valence-corrected chi connectivity index (χ3v) is 8.14. The number of nitrogens with one attached hydrogen (secondary N) is 1. The first-order chi connectivity index (χ1) is 20.0. The number of benzene rings is 4. The number of carbonyl (C=O) groups is 1. The van der Waals surface area contributed by atoms with Gasteiger partial charge in [0.1, 0.15) is 18.9 Å². The van der Waals surface area contributed by atoms with Gasteiger partial charge in [-0.15, -0.1) is 0 Å². The fourth-order valence-electron chi connectivity index (χ4n) is 4.00. The quantitative estimate of drug-likeness (QED) is 0.141. The number of sulfonamides is 1. The van der Waals surface area contributed by atoms with Gasteiger partial charge >= 0.3 is 0 Å². The Labute approximate surface area is 244 Å². The molecule has 4 rings (SSSR count). The van der Waals surface area contributed by atoms with E-state index in [1.165, 1.54) is 30.5 Å². The van der Waals surface area contributed by atoms with Crippen LogP contribution in [0.3, 0.4) is 0 Å². The van der Waals surface area contributed by atoms with E-state index in [1.54, 1.807) is 61.5 Å². The van der Waals surface area contributed by atoms with Crippen LogP contribution in [0.2, 0.25) is 0 Å². The predicted molar refractivity (Wildman–Crippen MR) is 161 cm³/mol. The van der Waals surface area contributed by atoms with E-state index in [0.29, 0.717) is 22.6 Å². The van der Waals surface area contributed by atoms with E-state index in [9.17, 15) is 23.3 Å². The lowest BCUT2D eigenvalue weighted by atomic mass is 10.1. The van der Waals surface area contributed by atoms with E-state index >= 15 is 0 Å². The molecule has 1 amide bonds. The summed E-state index contributed by atoms with van der Waals surface area (Å²) in [6.07, 6.45) is 1.44. The highest BCUT2D eigenvalue weighted by Gasteiger charge is 2.28. The first kappa shape index (κ1) is 29.9. The van der Waals surface area contributed by atoms with Crippen LogP contribution in [0.1, 0.15) is 27.8 Å². The van der Waals surface area contributed by atoms with Crippen molar-refractivity contribution in [1.82, 2.24) is 5.43 Å². The number of hydrogen-bond donors (Lipinski definition) is 1. The van der Waals surface area contributed by atoms with Gasteiger partial charge in [-0.05, 0) is 97.6 Å². The Hall–Kier alpha value is -5.03. The summed E-state index contributed by atoms with van der Waals surface area (Å²) in [5, 5.41) is 14.8. The molecule has 42 heavy (non-hydrogen) atoms. The summed E-state index contributed by atoms with van der Waals surface area (Å²) in [5.41, 5.74) is 6.80. The maximum atomic E-state index is 13.6. The summed E-state index contributed by atoms with van der Waals surface area (Å²) in [6, 6.07) is 25.0. The fraction of sp³-hybridized carbons (Fsp3) is 0.161. The van der Waals surface area contributed by atoms with Gasteiger partial charge in [0.15, 0.2) is 0 Å². The molecule has 0 spiro atoms. The second-order valence-corrected chi connectivity index (χ2v) is 11.6. The van der Waals surface area contributed by atoms with Crippen LogP contribution < -0.4 is 14.5 Å². The molecule has 0 fully saturated rings. The van der Waals surface area contributed by atoms with Crippen LogP contribution in [0.15, 0.2) is 101 Å². The molecule has 1 N–H and O–H groups in total. The molecule has 4 aromatic carbocycles. The Morgan fingerprint density at radius 3 is 2.21 bits per heavy atom. The molecule has 0 aliphatic rings. The molecule has 0 atom stereocenters. The number of ether oxygens (including phenoxy) is 1. The van der Waals surface area contributed by atoms with Crippen LogP contribution in [-0.4, -0.2) is 32.0 Å². The third kappa shape index (κ3) is 7.58. The lowest BCUT2D eigenvalue weighted by Crippen LogP contribution is -2.40. The molecule has 0 aromatic heterocycles. The normalized spacial score (nSPS) is 11.3. The summed E-state index contributed by atoms with van der Waals surface area (Å²) in [6.45, 7) is 5.29. The molecule has 11 heteroatoms. The maximum absolute atomic E-state index is 13.6. The molecular formula is C31H30N4O6S. The number of rotatable bonds is 11. The number of non-ortho nitro benzene ring substituents is 1. The van der Waals surface area contributed by atoms with E-state index in [-0.39, 0.29) is 17.2 Å². The standard InChI is InChI=1S/C31H30N4O6S/c1-22-5-16-29(17-6-22)42(39,40)34(30-18-23(2)4-7-24(30)3)20-31(36)33-32-19-25-10-14-28(15-11-25)41-21-26-8-12-27(13-9-26)35(37)38/h4-19H,20-21H2,1-3H3,(H,33,36). The summed E-state index contributed by atoms with van der Waals surface area (Å²) >= 11 is 0. The molecule has 0 aliphatic heterocycles. The van der Waals surface area contributed by atoms with Crippen molar-refractivity contribution in [3.05, 3.63) is 129 Å². The van der Waals surface area contributed by atoms with Crippen LogP contribution in [0.5, 0.6) is 5.75 Å². The van der Waals surface area contributed by atoms with Crippen LogP contribution in [0, 0.1) is 30.9 Å². The lowest BCUT2D eigenvalue weighted by molar-refractivity contribution is -0.384. The highest BCUT2D eigenvalue weighted by molar-refractivity contribution is 7.92. The number of nitrogens with zero attached hydrogens (tertiary/aromatic N) is 3. The first-order valence-corrected chi connectivity index (χ1v) is 14.4. The Morgan fingerprint density at radius 1 is 0.929 bits per heavy atom. The molecule has 0 radical (unpaired) electrons. The Bertz CT molecular complexity index is 1700. The van der Waals surface area contributed by atoms with Crippen LogP contribution in [0.4, 0.5) is 11.4 Å². The van der Waals surface area contributed by atoms with Gasteiger partial charge in [0, 0.05) is 12.1 Å². The van der Waals surface area contributed by atoms with Gasteiger partial charge in [0.25, 0.3) is 21.6 Å². The van der Waals surface area contributed by atoms with Gasteiger partial charge in [-0.1, -0.05) is 29.8 Å². The van der Waals surface area contributed by atoms with Crippen molar-refractivity contribution >= 4 is 33.5 Å². The minimum atomic E-state index is -4.04. The summed E-state index contributed by atoms with van der Waals surface area (Å²) < 4.78 is 34.1. The topological polar surface area (TPSA) is 131 Å². The Balaban J connectivity index is 1.41. The number of amides is 1. The first-order valence-electron chi connectivity index (χ1n) is 13.0. The second-order valence-electron chi connectivity index (χ2n) is 9.69. The van der Waals surface area contributed by atoms with Crippen molar-refractivity contribution in [3.8, 4) is 5.75 Å². The predicted octanol–water partition coefficient (Wildman–Crippen LogP) is 5.44. The van der Waals surface area contributed by atoms with Crippen molar-refractivity contribution in [2.24, 2.45) is 5.10 Å². The molecule has 0 saturated heterocycles. The zero-order valence-corrected chi connectivity index (χ0v) is 24.2. The van der Waals surface area contributed by atoms with E-state index < -0.39 is 27.4 Å². The van der Waals surface area contributed by atoms with Gasteiger partial charge in [-0.25, -0.2) is 13.8 Å².